The van der Waals surface area contributed by atoms with E-state index in [1.165, 1.54) is 68.9 Å². The molecule has 1 nitrogen and oxygen atoms in total. The summed E-state index contributed by atoms with van der Waals surface area (Å²) in [6, 6.07) is 7.05. The van der Waals surface area contributed by atoms with Gasteiger partial charge in [0.25, 0.3) is 0 Å². The van der Waals surface area contributed by atoms with Crippen LogP contribution in [0.3, 0.4) is 0 Å². The molecule has 2 rings (SSSR count). The molecule has 0 N–H and O–H groups in total. The average molecular weight is 345 g/mol. The maximum absolute atomic E-state index is 6.39. The first-order chi connectivity index (χ1) is 11.9. The van der Waals surface area contributed by atoms with E-state index in [1.807, 2.05) is 0 Å². The minimum absolute atomic E-state index is 0.127. The van der Waals surface area contributed by atoms with Crippen molar-refractivity contribution >= 4 is 0 Å². The molecular weight excluding hydrogens is 304 g/mol. The monoisotopic (exact) mass is 344 g/mol. The third-order valence-corrected chi connectivity index (χ3v) is 5.68. The number of hydrogen-bond donors (Lipinski definition) is 0. The lowest BCUT2D eigenvalue weighted by Crippen LogP contribution is -2.18. The van der Waals surface area contributed by atoms with E-state index in [9.17, 15) is 0 Å². The standard InChI is InChI=1S/C24H40O/c1-6-7-8-10-13-19(2)25-23-17-16-21(18-22(23)24(3,4)5)20-14-11-9-12-15-20/h16-20H,6-15H2,1-5H3. The molecule has 1 fully saturated rings. The quantitative estimate of drug-likeness (QED) is 0.438. The first-order valence-electron chi connectivity index (χ1n) is 10.7. The van der Waals surface area contributed by atoms with Crippen LogP contribution in [0.15, 0.2) is 18.2 Å². The van der Waals surface area contributed by atoms with Gasteiger partial charge >= 0.3 is 0 Å². The van der Waals surface area contributed by atoms with Gasteiger partial charge in [0.2, 0.25) is 0 Å². The summed E-state index contributed by atoms with van der Waals surface area (Å²) in [4.78, 5) is 0. The van der Waals surface area contributed by atoms with Crippen molar-refractivity contribution in [2.75, 3.05) is 0 Å². The third kappa shape index (κ3) is 6.35. The highest BCUT2D eigenvalue weighted by Gasteiger charge is 2.23. The van der Waals surface area contributed by atoms with Crippen molar-refractivity contribution in [3.8, 4) is 5.75 Å². The maximum Gasteiger partial charge on any atom is 0.123 e. The minimum atomic E-state index is 0.127. The van der Waals surface area contributed by atoms with E-state index in [-0.39, 0.29) is 5.41 Å². The Morgan fingerprint density at radius 1 is 1.04 bits per heavy atom. The predicted octanol–water partition coefficient (Wildman–Crippen LogP) is 7.77. The van der Waals surface area contributed by atoms with E-state index in [1.54, 1.807) is 0 Å². The van der Waals surface area contributed by atoms with Crippen LogP contribution in [0.2, 0.25) is 0 Å². The largest absolute Gasteiger partial charge is 0.490 e. The van der Waals surface area contributed by atoms with E-state index < -0.39 is 0 Å². The molecular formula is C24H40O. The van der Waals surface area contributed by atoms with Gasteiger partial charge < -0.3 is 4.74 Å². The highest BCUT2D eigenvalue weighted by atomic mass is 16.5. The van der Waals surface area contributed by atoms with Gasteiger partial charge in [0.05, 0.1) is 6.10 Å². The summed E-state index contributed by atoms with van der Waals surface area (Å²) >= 11 is 0. The fourth-order valence-electron chi connectivity index (χ4n) is 4.06. The summed E-state index contributed by atoms with van der Waals surface area (Å²) in [6.07, 6.45) is 13.6. The summed E-state index contributed by atoms with van der Waals surface area (Å²) in [6.45, 7) is 11.4. The Bertz CT molecular complexity index is 505. The molecule has 25 heavy (non-hydrogen) atoms. The first-order valence-corrected chi connectivity index (χ1v) is 10.7. The van der Waals surface area contributed by atoms with Gasteiger partial charge in [-0.25, -0.2) is 0 Å². The fourth-order valence-corrected chi connectivity index (χ4v) is 4.06. The Balaban J connectivity index is 2.08. The average Bonchev–Trinajstić information content (AvgIpc) is 2.59. The lowest BCUT2D eigenvalue weighted by molar-refractivity contribution is 0.202. The van der Waals surface area contributed by atoms with E-state index >= 15 is 0 Å². The molecule has 0 radical (unpaired) electrons. The van der Waals surface area contributed by atoms with E-state index in [0.29, 0.717) is 6.10 Å². The molecule has 0 aliphatic heterocycles. The molecule has 1 aliphatic rings. The van der Waals surface area contributed by atoms with Gasteiger partial charge in [-0.2, -0.15) is 0 Å². The molecule has 0 bridgehead atoms. The van der Waals surface area contributed by atoms with Crippen LogP contribution in [-0.2, 0) is 5.41 Å². The Hall–Kier alpha value is -0.980. The summed E-state index contributed by atoms with van der Waals surface area (Å²) in [5, 5.41) is 0. The van der Waals surface area contributed by atoms with Gasteiger partial charge in [0.15, 0.2) is 0 Å². The summed E-state index contributed by atoms with van der Waals surface area (Å²) in [5.41, 5.74) is 3.05. The molecule has 1 aromatic rings. The summed E-state index contributed by atoms with van der Waals surface area (Å²) in [7, 11) is 0. The van der Waals surface area contributed by atoms with Crippen LogP contribution in [0.25, 0.3) is 0 Å². The molecule has 142 valence electrons. The van der Waals surface area contributed by atoms with Crippen molar-refractivity contribution in [1.29, 1.82) is 0 Å². The highest BCUT2D eigenvalue weighted by molar-refractivity contribution is 5.43. The summed E-state index contributed by atoms with van der Waals surface area (Å²) in [5.74, 6) is 1.87. The van der Waals surface area contributed by atoms with Crippen molar-refractivity contribution in [2.24, 2.45) is 0 Å². The van der Waals surface area contributed by atoms with E-state index in [4.69, 9.17) is 4.74 Å². The van der Waals surface area contributed by atoms with E-state index in [2.05, 4.69) is 52.8 Å². The number of ether oxygens (including phenoxy) is 1. The number of benzene rings is 1. The molecule has 1 aliphatic carbocycles. The van der Waals surface area contributed by atoms with Crippen LogP contribution in [0.1, 0.15) is 116 Å². The molecule has 0 saturated heterocycles. The molecule has 1 saturated carbocycles. The van der Waals surface area contributed by atoms with Gasteiger partial charge in [-0.05, 0) is 61.1 Å². The van der Waals surface area contributed by atoms with Crippen molar-refractivity contribution in [3.63, 3.8) is 0 Å². The number of hydrogen-bond acceptors (Lipinski definition) is 1. The van der Waals surface area contributed by atoms with Crippen LogP contribution < -0.4 is 4.74 Å². The zero-order valence-corrected chi connectivity index (χ0v) is 17.4. The predicted molar refractivity (Wildman–Crippen MR) is 110 cm³/mol. The molecule has 1 atom stereocenters. The number of unbranched alkanes of at least 4 members (excludes halogenated alkanes) is 3. The molecule has 1 heteroatoms. The molecule has 0 spiro atoms. The normalized spacial score (nSPS) is 17.5. The Kier molecular flexibility index (Phi) is 7.84. The van der Waals surface area contributed by atoms with Crippen molar-refractivity contribution < 1.29 is 4.74 Å². The van der Waals surface area contributed by atoms with Gasteiger partial charge in [0.1, 0.15) is 5.75 Å². The Morgan fingerprint density at radius 2 is 1.76 bits per heavy atom. The minimum Gasteiger partial charge on any atom is -0.490 e. The van der Waals surface area contributed by atoms with Crippen LogP contribution in [0.4, 0.5) is 0 Å². The highest BCUT2D eigenvalue weighted by Crippen LogP contribution is 2.38. The summed E-state index contributed by atoms with van der Waals surface area (Å²) < 4.78 is 6.39. The molecule has 0 amide bonds. The van der Waals surface area contributed by atoms with Crippen LogP contribution in [0.5, 0.6) is 5.75 Å². The number of rotatable bonds is 8. The lowest BCUT2D eigenvalue weighted by atomic mass is 9.80. The van der Waals surface area contributed by atoms with E-state index in [0.717, 1.165) is 18.1 Å². The Morgan fingerprint density at radius 3 is 2.40 bits per heavy atom. The molecule has 1 unspecified atom stereocenters. The fraction of sp³-hybridized carbons (Fsp3) is 0.750. The second-order valence-corrected chi connectivity index (χ2v) is 9.12. The van der Waals surface area contributed by atoms with Crippen molar-refractivity contribution in [1.82, 2.24) is 0 Å². The molecule has 1 aromatic carbocycles. The van der Waals surface area contributed by atoms with Gasteiger partial charge in [-0.15, -0.1) is 0 Å². The molecule has 0 aromatic heterocycles. The Labute approximate surface area is 156 Å². The SMILES string of the molecule is CCCCCCC(C)Oc1ccc(C2CCCCC2)cc1C(C)(C)C. The maximum atomic E-state index is 6.39. The molecule has 0 heterocycles. The smallest absolute Gasteiger partial charge is 0.123 e. The second-order valence-electron chi connectivity index (χ2n) is 9.12. The van der Waals surface area contributed by atoms with Crippen molar-refractivity contribution in [3.05, 3.63) is 29.3 Å². The van der Waals surface area contributed by atoms with Crippen molar-refractivity contribution in [2.45, 2.75) is 116 Å². The van der Waals surface area contributed by atoms with Crippen LogP contribution >= 0.6 is 0 Å². The second kappa shape index (κ2) is 9.64. The third-order valence-electron chi connectivity index (χ3n) is 5.68. The topological polar surface area (TPSA) is 9.23 Å². The first kappa shape index (κ1) is 20.3. The van der Waals surface area contributed by atoms with Crippen LogP contribution in [0, 0.1) is 0 Å². The zero-order chi connectivity index (χ0) is 18.3. The van der Waals surface area contributed by atoms with Gasteiger partial charge in [0, 0.05) is 0 Å². The lowest BCUT2D eigenvalue weighted by Gasteiger charge is -2.28. The van der Waals surface area contributed by atoms with Gasteiger partial charge in [-0.3, -0.25) is 0 Å². The van der Waals surface area contributed by atoms with Crippen LogP contribution in [-0.4, -0.2) is 6.10 Å². The van der Waals surface area contributed by atoms with Gasteiger partial charge in [-0.1, -0.05) is 78.4 Å². The zero-order valence-electron chi connectivity index (χ0n) is 17.4.